The molecule has 0 aromatic heterocycles. The molecule has 3 aromatic carbocycles. The van der Waals surface area contributed by atoms with Crippen LogP contribution in [0.3, 0.4) is 0 Å². The van der Waals surface area contributed by atoms with E-state index in [1.54, 1.807) is 24.3 Å². The van der Waals surface area contributed by atoms with Crippen molar-refractivity contribution in [1.82, 2.24) is 0 Å². The van der Waals surface area contributed by atoms with E-state index in [4.69, 9.17) is 9.84 Å². The van der Waals surface area contributed by atoms with Crippen LogP contribution in [0.2, 0.25) is 0 Å². The lowest BCUT2D eigenvalue weighted by Crippen LogP contribution is -1.99. The number of carboxylic acids is 1. The van der Waals surface area contributed by atoms with Gasteiger partial charge in [0, 0.05) is 6.21 Å². The number of carbonyl (C=O) groups is 1. The molecule has 3 rings (SSSR count). The number of hydrogen-bond acceptors (Lipinski definition) is 3. The van der Waals surface area contributed by atoms with Crippen molar-refractivity contribution < 1.29 is 14.6 Å². The summed E-state index contributed by atoms with van der Waals surface area (Å²) in [6, 6.07) is 20.5. The molecule has 0 aliphatic carbocycles. The summed E-state index contributed by atoms with van der Waals surface area (Å²) in [6.07, 6.45) is 1.84. The van der Waals surface area contributed by atoms with E-state index in [1.165, 1.54) is 11.1 Å². The highest BCUT2D eigenvalue weighted by Gasteiger charge is 2.02. The Kier molecular flexibility index (Phi) is 5.67. The van der Waals surface area contributed by atoms with Crippen molar-refractivity contribution in [3.8, 4) is 5.75 Å². The molecule has 0 atom stereocenters. The standard InChI is InChI=1S/C23H21NO3/c1-16-4-3-5-22(17(16)2)24-14-18-8-12-21(13-9-18)27-15-19-6-10-20(11-7-19)23(25)26/h3-14H,15H2,1-2H3,(H,25,26). The molecule has 4 nitrogen and oxygen atoms in total. The van der Waals surface area contributed by atoms with Gasteiger partial charge in [0.2, 0.25) is 0 Å². The Labute approximate surface area is 158 Å². The zero-order chi connectivity index (χ0) is 19.2. The molecular formula is C23H21NO3. The Morgan fingerprint density at radius 1 is 1.00 bits per heavy atom. The third kappa shape index (κ3) is 4.82. The first-order chi connectivity index (χ1) is 13.0. The van der Waals surface area contributed by atoms with Gasteiger partial charge in [-0.05, 0) is 78.6 Å². The minimum atomic E-state index is -0.930. The Morgan fingerprint density at radius 2 is 1.70 bits per heavy atom. The summed E-state index contributed by atoms with van der Waals surface area (Å²) in [5.41, 5.74) is 5.56. The van der Waals surface area contributed by atoms with Gasteiger partial charge in [-0.1, -0.05) is 24.3 Å². The molecule has 0 unspecified atom stereocenters. The van der Waals surface area contributed by atoms with Crippen molar-refractivity contribution in [1.29, 1.82) is 0 Å². The summed E-state index contributed by atoms with van der Waals surface area (Å²) in [5.74, 6) is -0.179. The topological polar surface area (TPSA) is 58.9 Å². The van der Waals surface area contributed by atoms with Gasteiger partial charge in [0.15, 0.2) is 0 Å². The monoisotopic (exact) mass is 359 g/mol. The van der Waals surface area contributed by atoms with E-state index in [-0.39, 0.29) is 5.56 Å². The van der Waals surface area contributed by atoms with Crippen LogP contribution in [0.25, 0.3) is 0 Å². The van der Waals surface area contributed by atoms with E-state index in [0.29, 0.717) is 6.61 Å². The first kappa shape index (κ1) is 18.4. The summed E-state index contributed by atoms with van der Waals surface area (Å²) in [7, 11) is 0. The Bertz CT molecular complexity index is 958. The predicted molar refractivity (Wildman–Crippen MR) is 107 cm³/mol. The first-order valence-electron chi connectivity index (χ1n) is 8.68. The Hall–Kier alpha value is -3.40. The SMILES string of the molecule is Cc1cccc(N=Cc2ccc(OCc3ccc(C(=O)O)cc3)cc2)c1C. The highest BCUT2D eigenvalue weighted by atomic mass is 16.5. The van der Waals surface area contributed by atoms with E-state index in [1.807, 2.05) is 42.6 Å². The summed E-state index contributed by atoms with van der Waals surface area (Å²) < 4.78 is 5.75. The largest absolute Gasteiger partial charge is 0.489 e. The number of aliphatic imine (C=N–C) groups is 1. The second-order valence-corrected chi connectivity index (χ2v) is 6.34. The van der Waals surface area contributed by atoms with Crippen LogP contribution in [0.5, 0.6) is 5.75 Å². The summed E-state index contributed by atoms with van der Waals surface area (Å²) in [4.78, 5) is 15.4. The van der Waals surface area contributed by atoms with E-state index < -0.39 is 5.97 Å². The van der Waals surface area contributed by atoms with E-state index in [0.717, 1.165) is 22.6 Å². The maximum absolute atomic E-state index is 10.9. The van der Waals surface area contributed by atoms with E-state index in [9.17, 15) is 4.79 Å². The molecule has 0 aliphatic heterocycles. The summed E-state index contributed by atoms with van der Waals surface area (Å²) in [6.45, 7) is 4.54. The van der Waals surface area contributed by atoms with Crippen LogP contribution >= 0.6 is 0 Å². The zero-order valence-electron chi connectivity index (χ0n) is 15.3. The van der Waals surface area contributed by atoms with Crippen LogP contribution < -0.4 is 4.74 Å². The number of aromatic carboxylic acids is 1. The zero-order valence-corrected chi connectivity index (χ0v) is 15.3. The normalized spacial score (nSPS) is 10.9. The van der Waals surface area contributed by atoms with Crippen molar-refractivity contribution in [2.75, 3.05) is 0 Å². The van der Waals surface area contributed by atoms with Gasteiger partial charge >= 0.3 is 5.97 Å². The summed E-state index contributed by atoms with van der Waals surface area (Å²) >= 11 is 0. The summed E-state index contributed by atoms with van der Waals surface area (Å²) in [5, 5.41) is 8.91. The number of rotatable bonds is 6. The predicted octanol–water partition coefficient (Wildman–Crippen LogP) is 5.33. The maximum atomic E-state index is 10.9. The van der Waals surface area contributed by atoms with Crippen LogP contribution in [-0.2, 0) is 6.61 Å². The maximum Gasteiger partial charge on any atom is 0.335 e. The van der Waals surface area contributed by atoms with Gasteiger partial charge in [-0.25, -0.2) is 4.79 Å². The number of hydrogen-bond donors (Lipinski definition) is 1. The van der Waals surface area contributed by atoms with Crippen LogP contribution in [0.4, 0.5) is 5.69 Å². The number of aryl methyl sites for hydroxylation is 1. The molecule has 3 aromatic rings. The van der Waals surface area contributed by atoms with Crippen LogP contribution in [-0.4, -0.2) is 17.3 Å². The van der Waals surface area contributed by atoms with Crippen LogP contribution in [0.1, 0.15) is 32.6 Å². The molecule has 0 amide bonds. The smallest absolute Gasteiger partial charge is 0.335 e. The second-order valence-electron chi connectivity index (χ2n) is 6.34. The van der Waals surface area contributed by atoms with E-state index >= 15 is 0 Å². The molecule has 0 spiro atoms. The van der Waals surface area contributed by atoms with Crippen molar-refractivity contribution in [2.45, 2.75) is 20.5 Å². The molecule has 0 saturated carbocycles. The van der Waals surface area contributed by atoms with Crippen LogP contribution in [0.15, 0.2) is 71.7 Å². The molecule has 0 heterocycles. The minimum absolute atomic E-state index is 0.270. The van der Waals surface area contributed by atoms with Crippen molar-refractivity contribution in [3.05, 3.63) is 94.5 Å². The second kappa shape index (κ2) is 8.32. The molecule has 27 heavy (non-hydrogen) atoms. The fourth-order valence-corrected chi connectivity index (χ4v) is 2.58. The third-order valence-corrected chi connectivity index (χ3v) is 4.42. The molecule has 136 valence electrons. The number of ether oxygens (including phenoxy) is 1. The van der Waals surface area contributed by atoms with Crippen LogP contribution in [0, 0.1) is 13.8 Å². The van der Waals surface area contributed by atoms with E-state index in [2.05, 4.69) is 24.9 Å². The molecule has 0 radical (unpaired) electrons. The van der Waals surface area contributed by atoms with Gasteiger partial charge in [-0.2, -0.15) is 0 Å². The molecule has 0 fully saturated rings. The van der Waals surface area contributed by atoms with Crippen molar-refractivity contribution in [2.24, 2.45) is 4.99 Å². The van der Waals surface area contributed by atoms with Gasteiger partial charge in [0.25, 0.3) is 0 Å². The van der Waals surface area contributed by atoms with Gasteiger partial charge in [0.1, 0.15) is 12.4 Å². The number of nitrogens with zero attached hydrogens (tertiary/aromatic N) is 1. The molecular weight excluding hydrogens is 338 g/mol. The van der Waals surface area contributed by atoms with Crippen molar-refractivity contribution in [3.63, 3.8) is 0 Å². The number of carboxylic acid groups (broad SMARTS) is 1. The average molecular weight is 359 g/mol. The average Bonchev–Trinajstić information content (AvgIpc) is 2.68. The highest BCUT2D eigenvalue weighted by molar-refractivity contribution is 5.87. The molecule has 0 aliphatic rings. The fraction of sp³-hybridized carbons (Fsp3) is 0.130. The molecule has 4 heteroatoms. The molecule has 0 bridgehead atoms. The van der Waals surface area contributed by atoms with Gasteiger partial charge in [-0.15, -0.1) is 0 Å². The lowest BCUT2D eigenvalue weighted by molar-refractivity contribution is 0.0697. The molecule has 1 N–H and O–H groups in total. The van der Waals surface area contributed by atoms with Gasteiger partial charge < -0.3 is 9.84 Å². The third-order valence-electron chi connectivity index (χ3n) is 4.42. The number of benzene rings is 3. The first-order valence-corrected chi connectivity index (χ1v) is 8.68. The van der Waals surface area contributed by atoms with Gasteiger partial charge in [0.05, 0.1) is 11.3 Å². The van der Waals surface area contributed by atoms with Gasteiger partial charge in [-0.3, -0.25) is 4.99 Å². The highest BCUT2D eigenvalue weighted by Crippen LogP contribution is 2.21. The fourth-order valence-electron chi connectivity index (χ4n) is 2.58. The molecule has 0 saturated heterocycles. The lowest BCUT2D eigenvalue weighted by Gasteiger charge is -2.07. The quantitative estimate of drug-likeness (QED) is 0.605. The Balaban J connectivity index is 1.61. The van der Waals surface area contributed by atoms with Crippen molar-refractivity contribution >= 4 is 17.9 Å². The lowest BCUT2D eigenvalue weighted by atomic mass is 10.1. The Morgan fingerprint density at radius 3 is 2.37 bits per heavy atom. The minimum Gasteiger partial charge on any atom is -0.489 e.